The molecule has 6 heteroatoms. The fourth-order valence-electron chi connectivity index (χ4n) is 3.65. The zero-order valence-electron chi connectivity index (χ0n) is 19.8. The van der Waals surface area contributed by atoms with E-state index in [9.17, 15) is 9.50 Å². The van der Waals surface area contributed by atoms with Crippen LogP contribution in [0.5, 0.6) is 11.5 Å². The maximum atomic E-state index is 13.2. The summed E-state index contributed by atoms with van der Waals surface area (Å²) < 4.78 is 26.4. The van der Waals surface area contributed by atoms with Crippen LogP contribution in [0.25, 0.3) is 0 Å². The maximum absolute atomic E-state index is 13.2. The van der Waals surface area contributed by atoms with Crippen molar-refractivity contribution in [2.24, 2.45) is 5.92 Å². The molecule has 0 radical (unpaired) electrons. The van der Waals surface area contributed by atoms with Gasteiger partial charge in [-0.1, -0.05) is 26.0 Å². The summed E-state index contributed by atoms with van der Waals surface area (Å²) in [5, 5.41) is 10.7. The fourth-order valence-corrected chi connectivity index (χ4v) is 3.65. The second kappa shape index (κ2) is 12.4. The van der Waals surface area contributed by atoms with Gasteiger partial charge in [0.15, 0.2) is 0 Å². The molecule has 1 atom stereocenters. The molecule has 1 N–H and O–H groups in total. The predicted molar refractivity (Wildman–Crippen MR) is 129 cm³/mol. The summed E-state index contributed by atoms with van der Waals surface area (Å²) in [6, 6.07) is 18.1. The van der Waals surface area contributed by atoms with Crippen molar-refractivity contribution in [1.29, 1.82) is 0 Å². The molecule has 0 spiro atoms. The Morgan fingerprint density at radius 1 is 1.00 bits per heavy atom. The number of hydrogen-bond donors (Lipinski definition) is 1. The lowest BCUT2D eigenvalue weighted by molar-refractivity contribution is 0.0631. The van der Waals surface area contributed by atoms with Crippen molar-refractivity contribution < 1.29 is 19.0 Å². The van der Waals surface area contributed by atoms with E-state index < -0.39 is 6.10 Å². The Kier molecular flexibility index (Phi) is 9.34. The number of methoxy groups -OCH3 is 1. The zero-order valence-corrected chi connectivity index (χ0v) is 19.8. The first kappa shape index (κ1) is 24.8. The van der Waals surface area contributed by atoms with Gasteiger partial charge in [0.05, 0.1) is 7.11 Å². The SMILES string of the molecule is COc1ccc(OCC(O)CN(CCC(C)C)Cc2cccn2Cc2ccc(F)cc2)cc1. The number of hydrogen-bond acceptors (Lipinski definition) is 4. The van der Waals surface area contributed by atoms with E-state index in [2.05, 4.69) is 29.4 Å². The van der Waals surface area contributed by atoms with E-state index >= 15 is 0 Å². The molecule has 0 aliphatic heterocycles. The largest absolute Gasteiger partial charge is 0.497 e. The summed E-state index contributed by atoms with van der Waals surface area (Å²) in [5.41, 5.74) is 2.21. The maximum Gasteiger partial charge on any atom is 0.123 e. The molecule has 5 nitrogen and oxygen atoms in total. The van der Waals surface area contributed by atoms with Crippen molar-refractivity contribution >= 4 is 0 Å². The minimum absolute atomic E-state index is 0.223. The molecule has 1 unspecified atom stereocenters. The first-order valence-electron chi connectivity index (χ1n) is 11.5. The van der Waals surface area contributed by atoms with Gasteiger partial charge in [0.1, 0.15) is 30.0 Å². The number of nitrogens with zero attached hydrogens (tertiary/aromatic N) is 2. The number of rotatable bonds is 13. The van der Waals surface area contributed by atoms with Gasteiger partial charge in [0.2, 0.25) is 0 Å². The number of aromatic nitrogens is 1. The van der Waals surface area contributed by atoms with Crippen LogP contribution in [0.3, 0.4) is 0 Å². The second-order valence-corrected chi connectivity index (χ2v) is 8.81. The third-order valence-electron chi connectivity index (χ3n) is 5.57. The van der Waals surface area contributed by atoms with E-state index in [1.165, 1.54) is 12.1 Å². The normalized spacial score (nSPS) is 12.3. The van der Waals surface area contributed by atoms with E-state index in [-0.39, 0.29) is 12.4 Å². The predicted octanol–water partition coefficient (Wildman–Crippen LogP) is 4.97. The van der Waals surface area contributed by atoms with Crippen LogP contribution < -0.4 is 9.47 Å². The average molecular weight is 455 g/mol. The molecule has 178 valence electrons. The lowest BCUT2D eigenvalue weighted by atomic mass is 10.1. The number of aliphatic hydroxyl groups is 1. The van der Waals surface area contributed by atoms with E-state index in [0.717, 1.165) is 36.5 Å². The Labute approximate surface area is 196 Å². The molecule has 0 saturated heterocycles. The highest BCUT2D eigenvalue weighted by molar-refractivity contribution is 5.31. The Balaban J connectivity index is 1.59. The molecule has 0 bridgehead atoms. The van der Waals surface area contributed by atoms with E-state index in [1.807, 2.05) is 48.7 Å². The van der Waals surface area contributed by atoms with Crippen molar-refractivity contribution in [3.8, 4) is 11.5 Å². The van der Waals surface area contributed by atoms with Crippen LogP contribution in [-0.2, 0) is 13.1 Å². The topological polar surface area (TPSA) is 46.9 Å². The molecule has 3 aromatic rings. The molecule has 1 aromatic heterocycles. The van der Waals surface area contributed by atoms with Gasteiger partial charge in [-0.15, -0.1) is 0 Å². The van der Waals surface area contributed by atoms with Crippen LogP contribution in [0, 0.1) is 11.7 Å². The van der Waals surface area contributed by atoms with E-state index in [1.54, 1.807) is 7.11 Å². The molecule has 3 rings (SSSR count). The first-order chi connectivity index (χ1) is 15.9. The summed E-state index contributed by atoms with van der Waals surface area (Å²) in [5.74, 6) is 1.83. The molecule has 2 aromatic carbocycles. The second-order valence-electron chi connectivity index (χ2n) is 8.81. The fraction of sp³-hybridized carbons (Fsp3) is 0.407. The van der Waals surface area contributed by atoms with Gasteiger partial charge in [-0.2, -0.15) is 0 Å². The highest BCUT2D eigenvalue weighted by atomic mass is 19.1. The lowest BCUT2D eigenvalue weighted by Crippen LogP contribution is -2.36. The molecule has 0 saturated carbocycles. The summed E-state index contributed by atoms with van der Waals surface area (Å²) in [6.45, 7) is 7.45. The van der Waals surface area contributed by atoms with Crippen molar-refractivity contribution in [3.63, 3.8) is 0 Å². The third kappa shape index (κ3) is 8.22. The smallest absolute Gasteiger partial charge is 0.123 e. The highest BCUT2D eigenvalue weighted by Gasteiger charge is 2.16. The van der Waals surface area contributed by atoms with Gasteiger partial charge in [0.25, 0.3) is 0 Å². The third-order valence-corrected chi connectivity index (χ3v) is 5.57. The minimum atomic E-state index is -0.611. The summed E-state index contributed by atoms with van der Waals surface area (Å²) in [7, 11) is 1.63. The van der Waals surface area contributed by atoms with Gasteiger partial charge in [0, 0.05) is 31.5 Å². The molecular formula is C27H35FN2O3. The Bertz CT molecular complexity index is 954. The molecule has 0 fully saturated rings. The van der Waals surface area contributed by atoms with Gasteiger partial charge < -0.3 is 19.1 Å². The number of benzene rings is 2. The molecule has 0 amide bonds. The summed E-state index contributed by atoms with van der Waals surface area (Å²) in [4.78, 5) is 2.28. The van der Waals surface area contributed by atoms with Crippen LogP contribution in [0.4, 0.5) is 4.39 Å². The van der Waals surface area contributed by atoms with Crippen LogP contribution in [0.2, 0.25) is 0 Å². The van der Waals surface area contributed by atoms with Gasteiger partial charge >= 0.3 is 0 Å². The highest BCUT2D eigenvalue weighted by Crippen LogP contribution is 2.18. The van der Waals surface area contributed by atoms with Crippen LogP contribution >= 0.6 is 0 Å². The van der Waals surface area contributed by atoms with Crippen molar-refractivity contribution in [1.82, 2.24) is 9.47 Å². The number of aliphatic hydroxyl groups excluding tert-OH is 1. The molecular weight excluding hydrogens is 419 g/mol. The molecule has 0 aliphatic carbocycles. The number of ether oxygens (including phenoxy) is 2. The monoisotopic (exact) mass is 454 g/mol. The molecule has 33 heavy (non-hydrogen) atoms. The lowest BCUT2D eigenvalue weighted by Gasteiger charge is -2.26. The summed E-state index contributed by atoms with van der Waals surface area (Å²) >= 11 is 0. The van der Waals surface area contributed by atoms with Gasteiger partial charge in [-0.05, 0) is 73.0 Å². The Morgan fingerprint density at radius 3 is 2.36 bits per heavy atom. The standard InChI is InChI=1S/C27H35FN2O3/c1-21(2)14-16-29(19-25(31)20-33-27-12-10-26(32-3)11-13-27)18-24-5-4-15-30(24)17-22-6-8-23(28)9-7-22/h4-13,15,21,25,31H,14,16-20H2,1-3H3. The quantitative estimate of drug-likeness (QED) is 0.396. The molecule has 0 aliphatic rings. The van der Waals surface area contributed by atoms with Crippen molar-refractivity contribution in [2.45, 2.75) is 39.5 Å². The first-order valence-corrected chi connectivity index (χ1v) is 11.5. The van der Waals surface area contributed by atoms with E-state index in [0.29, 0.717) is 24.8 Å². The molecule has 1 heterocycles. The van der Waals surface area contributed by atoms with E-state index in [4.69, 9.17) is 9.47 Å². The average Bonchev–Trinajstić information content (AvgIpc) is 3.24. The Hall–Kier alpha value is -2.83. The number of halogens is 1. The Morgan fingerprint density at radius 2 is 1.70 bits per heavy atom. The van der Waals surface area contributed by atoms with Gasteiger partial charge in [-0.25, -0.2) is 4.39 Å². The van der Waals surface area contributed by atoms with Crippen LogP contribution in [0.15, 0.2) is 66.9 Å². The zero-order chi connectivity index (χ0) is 23.6. The summed E-state index contributed by atoms with van der Waals surface area (Å²) in [6.07, 6.45) is 2.48. The minimum Gasteiger partial charge on any atom is -0.497 e. The van der Waals surface area contributed by atoms with Crippen molar-refractivity contribution in [3.05, 3.63) is 83.9 Å². The van der Waals surface area contributed by atoms with Gasteiger partial charge in [-0.3, -0.25) is 4.90 Å². The van der Waals surface area contributed by atoms with Crippen molar-refractivity contribution in [2.75, 3.05) is 26.8 Å². The van der Waals surface area contributed by atoms with Crippen LogP contribution in [-0.4, -0.2) is 47.5 Å². The van der Waals surface area contributed by atoms with Crippen LogP contribution in [0.1, 0.15) is 31.5 Å².